The van der Waals surface area contributed by atoms with Crippen molar-refractivity contribution in [2.45, 2.75) is 33.0 Å². The maximum atomic E-state index is 12.9. The van der Waals surface area contributed by atoms with Crippen LogP contribution in [0.3, 0.4) is 0 Å². The lowest BCUT2D eigenvalue weighted by molar-refractivity contribution is -0.137. The van der Waals surface area contributed by atoms with Gasteiger partial charge in [-0.25, -0.2) is 0 Å². The first kappa shape index (κ1) is 20.1. The number of halogens is 3. The molecule has 0 unspecified atom stereocenters. The number of rotatable bonds is 5. The molecule has 0 aliphatic rings. The molecule has 0 fully saturated rings. The van der Waals surface area contributed by atoms with Gasteiger partial charge >= 0.3 is 6.18 Å². The predicted molar refractivity (Wildman–Crippen MR) is 103 cm³/mol. The highest BCUT2D eigenvalue weighted by Crippen LogP contribution is 2.29. The average Bonchev–Trinajstić information content (AvgIpc) is 2.98. The zero-order valence-electron chi connectivity index (χ0n) is 15.4. The fourth-order valence-electron chi connectivity index (χ4n) is 2.81. The lowest BCUT2D eigenvalue weighted by Gasteiger charge is -2.07. The van der Waals surface area contributed by atoms with Crippen molar-refractivity contribution < 1.29 is 22.7 Å². The summed E-state index contributed by atoms with van der Waals surface area (Å²) >= 11 is 1.31. The van der Waals surface area contributed by atoms with Crippen LogP contribution in [-0.4, -0.2) is 17.1 Å². The number of carbonyl (C=O) groups is 1. The molecule has 0 saturated heterocycles. The number of hydrogen-bond acceptors (Lipinski definition) is 3. The van der Waals surface area contributed by atoms with E-state index in [0.29, 0.717) is 18.0 Å². The number of hydrogen-bond donors (Lipinski definition) is 0. The van der Waals surface area contributed by atoms with Gasteiger partial charge in [0.05, 0.1) is 22.4 Å². The van der Waals surface area contributed by atoms with E-state index in [2.05, 4.69) is 4.99 Å². The summed E-state index contributed by atoms with van der Waals surface area (Å²) in [6.07, 6.45) is -3.68. The molecule has 1 aromatic heterocycles. The Bertz CT molecular complexity index is 1070. The van der Waals surface area contributed by atoms with E-state index in [1.165, 1.54) is 23.5 Å². The third-order valence-corrected chi connectivity index (χ3v) is 5.09. The van der Waals surface area contributed by atoms with Crippen molar-refractivity contribution in [2.75, 3.05) is 6.61 Å². The first-order chi connectivity index (χ1) is 13.3. The molecule has 1 amide bonds. The number of alkyl halides is 3. The van der Waals surface area contributed by atoms with Gasteiger partial charge in [0.15, 0.2) is 4.80 Å². The number of ether oxygens (including phenoxy) is 1. The summed E-state index contributed by atoms with van der Waals surface area (Å²) in [6.45, 7) is 5.08. The number of amides is 1. The van der Waals surface area contributed by atoms with E-state index >= 15 is 0 Å². The number of benzene rings is 2. The summed E-state index contributed by atoms with van der Waals surface area (Å²) in [4.78, 5) is 17.1. The van der Waals surface area contributed by atoms with Gasteiger partial charge in [-0.1, -0.05) is 24.3 Å². The standard InChI is InChI=1S/C20H19F3N2O2S/c1-3-10-25-16-9-8-15(27-4-2)12-17(16)28-19(25)24-18(26)13-6-5-7-14(11-13)20(21,22)23/h5-9,11-12H,3-4,10H2,1-2H3. The summed E-state index contributed by atoms with van der Waals surface area (Å²) in [6, 6.07) is 9.95. The van der Waals surface area contributed by atoms with E-state index in [9.17, 15) is 18.0 Å². The number of carbonyl (C=O) groups excluding carboxylic acids is 1. The molecule has 0 aliphatic heterocycles. The van der Waals surface area contributed by atoms with Gasteiger partial charge in [0.2, 0.25) is 0 Å². The molecular weight excluding hydrogens is 389 g/mol. The van der Waals surface area contributed by atoms with Crippen LogP contribution < -0.4 is 9.54 Å². The molecule has 0 atom stereocenters. The van der Waals surface area contributed by atoms with E-state index in [1.54, 1.807) is 0 Å². The van der Waals surface area contributed by atoms with Crippen LogP contribution in [0.5, 0.6) is 5.75 Å². The highest BCUT2D eigenvalue weighted by molar-refractivity contribution is 7.16. The molecule has 148 valence electrons. The third-order valence-electron chi connectivity index (χ3n) is 4.05. The van der Waals surface area contributed by atoms with Gasteiger partial charge in [-0.2, -0.15) is 18.2 Å². The van der Waals surface area contributed by atoms with Crippen LogP contribution in [0, 0.1) is 0 Å². The van der Waals surface area contributed by atoms with E-state index < -0.39 is 17.6 Å². The third kappa shape index (κ3) is 4.27. The first-order valence-corrected chi connectivity index (χ1v) is 9.67. The van der Waals surface area contributed by atoms with E-state index in [0.717, 1.165) is 34.5 Å². The van der Waals surface area contributed by atoms with Crippen LogP contribution in [0.25, 0.3) is 10.2 Å². The van der Waals surface area contributed by atoms with Gasteiger partial charge in [-0.05, 0) is 49.7 Å². The Labute approximate surface area is 163 Å². The molecular formula is C20H19F3N2O2S. The van der Waals surface area contributed by atoms with Crippen LogP contribution in [0.4, 0.5) is 13.2 Å². The van der Waals surface area contributed by atoms with Crippen molar-refractivity contribution in [2.24, 2.45) is 4.99 Å². The van der Waals surface area contributed by atoms with Gasteiger partial charge in [-0.15, -0.1) is 0 Å². The quantitative estimate of drug-likeness (QED) is 0.577. The van der Waals surface area contributed by atoms with Crippen LogP contribution in [0.15, 0.2) is 47.5 Å². The van der Waals surface area contributed by atoms with Gasteiger partial charge in [0.1, 0.15) is 5.75 Å². The molecule has 3 rings (SSSR count). The largest absolute Gasteiger partial charge is 0.494 e. The maximum Gasteiger partial charge on any atom is 0.416 e. The van der Waals surface area contributed by atoms with Crippen molar-refractivity contribution >= 4 is 27.5 Å². The van der Waals surface area contributed by atoms with E-state index in [-0.39, 0.29) is 5.56 Å². The topological polar surface area (TPSA) is 43.6 Å². The molecule has 0 aliphatic carbocycles. The normalized spacial score (nSPS) is 12.5. The van der Waals surface area contributed by atoms with E-state index in [1.807, 2.05) is 36.6 Å². The molecule has 0 bridgehead atoms. The molecule has 3 aromatic rings. The minimum Gasteiger partial charge on any atom is -0.494 e. The van der Waals surface area contributed by atoms with Gasteiger partial charge in [-0.3, -0.25) is 4.79 Å². The van der Waals surface area contributed by atoms with Gasteiger partial charge in [0.25, 0.3) is 5.91 Å². The minimum atomic E-state index is -4.51. The lowest BCUT2D eigenvalue weighted by Crippen LogP contribution is -2.17. The van der Waals surface area contributed by atoms with Crippen molar-refractivity contribution in [3.63, 3.8) is 0 Å². The van der Waals surface area contributed by atoms with Crippen LogP contribution in [-0.2, 0) is 12.7 Å². The summed E-state index contributed by atoms with van der Waals surface area (Å²) in [5, 5.41) is 0. The second-order valence-corrected chi connectivity index (χ2v) is 7.10. The van der Waals surface area contributed by atoms with Crippen molar-refractivity contribution in [3.8, 4) is 5.75 Å². The number of aryl methyl sites for hydroxylation is 1. The van der Waals surface area contributed by atoms with Crippen LogP contribution >= 0.6 is 11.3 Å². The molecule has 0 N–H and O–H groups in total. The SMILES string of the molecule is CCCn1c(=NC(=O)c2cccc(C(F)(F)F)c2)sc2cc(OCC)ccc21. The number of aromatic nitrogens is 1. The molecule has 2 aromatic carbocycles. The van der Waals surface area contributed by atoms with Crippen LogP contribution in [0.2, 0.25) is 0 Å². The molecule has 1 heterocycles. The number of nitrogens with zero attached hydrogens (tertiary/aromatic N) is 2. The highest BCUT2D eigenvalue weighted by Gasteiger charge is 2.30. The van der Waals surface area contributed by atoms with Crippen molar-refractivity contribution in [3.05, 3.63) is 58.4 Å². The zero-order valence-corrected chi connectivity index (χ0v) is 16.2. The van der Waals surface area contributed by atoms with Crippen molar-refractivity contribution in [1.82, 2.24) is 4.57 Å². The van der Waals surface area contributed by atoms with Gasteiger partial charge < -0.3 is 9.30 Å². The molecule has 28 heavy (non-hydrogen) atoms. The van der Waals surface area contributed by atoms with E-state index in [4.69, 9.17) is 4.74 Å². The zero-order chi connectivity index (χ0) is 20.3. The summed E-state index contributed by atoms with van der Waals surface area (Å²) in [5.74, 6) is 0.0168. The van der Waals surface area contributed by atoms with Crippen molar-refractivity contribution in [1.29, 1.82) is 0 Å². The monoisotopic (exact) mass is 408 g/mol. The first-order valence-electron chi connectivity index (χ1n) is 8.86. The van der Waals surface area contributed by atoms with Crippen LogP contribution in [0.1, 0.15) is 36.2 Å². The molecule has 0 radical (unpaired) electrons. The fraction of sp³-hybridized carbons (Fsp3) is 0.300. The predicted octanol–water partition coefficient (Wildman–Crippen LogP) is 5.27. The molecule has 0 spiro atoms. The number of thiazole rings is 1. The lowest BCUT2D eigenvalue weighted by atomic mass is 10.1. The second-order valence-electron chi connectivity index (χ2n) is 6.09. The minimum absolute atomic E-state index is 0.0923. The van der Waals surface area contributed by atoms with Gasteiger partial charge in [0, 0.05) is 12.1 Å². The second kappa shape index (κ2) is 8.18. The Hall–Kier alpha value is -2.61. The average molecular weight is 408 g/mol. The summed E-state index contributed by atoms with van der Waals surface area (Å²) in [5.41, 5.74) is -0.0519. The highest BCUT2D eigenvalue weighted by atomic mass is 32.1. The molecule has 8 heteroatoms. The Balaban J connectivity index is 2.07. The molecule has 0 saturated carbocycles. The Morgan fingerprint density at radius 3 is 2.64 bits per heavy atom. The number of fused-ring (bicyclic) bond motifs is 1. The smallest absolute Gasteiger partial charge is 0.416 e. The maximum absolute atomic E-state index is 12.9. The molecule has 4 nitrogen and oxygen atoms in total. The summed E-state index contributed by atoms with van der Waals surface area (Å²) in [7, 11) is 0. The Morgan fingerprint density at radius 2 is 1.96 bits per heavy atom. The fourth-order valence-corrected chi connectivity index (χ4v) is 3.90. The Morgan fingerprint density at radius 1 is 1.18 bits per heavy atom. The summed E-state index contributed by atoms with van der Waals surface area (Å²) < 4.78 is 47.0. The Kier molecular flexibility index (Phi) is 5.88.